The number of rotatable bonds is 5. The molecule has 0 radical (unpaired) electrons. The van der Waals surface area contributed by atoms with Crippen LogP contribution in [0.15, 0.2) is 47.8 Å². The van der Waals surface area contributed by atoms with Crippen molar-refractivity contribution in [3.63, 3.8) is 0 Å². The van der Waals surface area contributed by atoms with Crippen molar-refractivity contribution in [3.05, 3.63) is 58.4 Å². The Balaban J connectivity index is 1.27. The molecule has 5 rings (SSSR count). The average molecular weight is 483 g/mol. The van der Waals surface area contributed by atoms with Crippen molar-refractivity contribution in [1.82, 2.24) is 4.98 Å². The van der Waals surface area contributed by atoms with Gasteiger partial charge in [0.15, 0.2) is 5.13 Å². The first kappa shape index (κ1) is 21.9. The molecule has 1 aromatic heterocycles. The Bertz CT molecular complexity index is 1170. The molecule has 0 unspecified atom stereocenters. The SMILES string of the molecule is O=C(Nc1ccc(-c2csc(N3CCOCC3)n2)cc1)c1ccc(Cl)c(N2CCCC2=O)c1. The Morgan fingerprint density at radius 3 is 2.61 bits per heavy atom. The third kappa shape index (κ3) is 4.73. The number of hydrogen-bond donors (Lipinski definition) is 1. The van der Waals surface area contributed by atoms with Crippen molar-refractivity contribution >= 4 is 51.3 Å². The zero-order valence-corrected chi connectivity index (χ0v) is 19.5. The van der Waals surface area contributed by atoms with Gasteiger partial charge in [-0.15, -0.1) is 11.3 Å². The minimum Gasteiger partial charge on any atom is -0.378 e. The summed E-state index contributed by atoms with van der Waals surface area (Å²) in [5, 5.41) is 6.43. The fraction of sp³-hybridized carbons (Fsp3) is 0.292. The average Bonchev–Trinajstić information content (AvgIpc) is 3.50. The monoisotopic (exact) mass is 482 g/mol. The van der Waals surface area contributed by atoms with Crippen LogP contribution >= 0.6 is 22.9 Å². The van der Waals surface area contributed by atoms with E-state index in [0.29, 0.717) is 34.9 Å². The van der Waals surface area contributed by atoms with Crippen molar-refractivity contribution in [2.75, 3.05) is 48.0 Å². The van der Waals surface area contributed by atoms with E-state index in [2.05, 4.69) is 10.2 Å². The van der Waals surface area contributed by atoms with Crippen molar-refractivity contribution in [2.45, 2.75) is 12.8 Å². The van der Waals surface area contributed by atoms with Crippen molar-refractivity contribution in [1.29, 1.82) is 0 Å². The van der Waals surface area contributed by atoms with Gasteiger partial charge in [0.2, 0.25) is 5.91 Å². The number of morpholine rings is 1. The first-order valence-corrected chi connectivity index (χ1v) is 12.1. The highest BCUT2D eigenvalue weighted by atomic mass is 35.5. The first-order valence-electron chi connectivity index (χ1n) is 10.9. The molecule has 2 aliphatic heterocycles. The third-order valence-corrected chi connectivity index (χ3v) is 7.01. The Kier molecular flexibility index (Phi) is 6.30. The van der Waals surface area contributed by atoms with E-state index >= 15 is 0 Å². The summed E-state index contributed by atoms with van der Waals surface area (Å²) in [5.41, 5.74) is 3.62. The fourth-order valence-electron chi connectivity index (χ4n) is 3.99. The zero-order chi connectivity index (χ0) is 22.8. The van der Waals surface area contributed by atoms with Crippen LogP contribution in [0, 0.1) is 0 Å². The lowest BCUT2D eigenvalue weighted by Crippen LogP contribution is -2.36. The number of benzene rings is 2. The molecule has 3 aromatic rings. The molecule has 0 aliphatic carbocycles. The van der Waals surface area contributed by atoms with E-state index in [1.54, 1.807) is 34.4 Å². The number of thiazole rings is 1. The summed E-state index contributed by atoms with van der Waals surface area (Å²) in [6, 6.07) is 12.6. The Hall–Kier alpha value is -2.94. The Morgan fingerprint density at radius 1 is 1.09 bits per heavy atom. The van der Waals surface area contributed by atoms with Crippen LogP contribution in [0.25, 0.3) is 11.3 Å². The lowest BCUT2D eigenvalue weighted by Gasteiger charge is -2.26. The minimum absolute atomic E-state index is 0.0314. The molecule has 2 fully saturated rings. The largest absolute Gasteiger partial charge is 0.378 e. The maximum atomic E-state index is 12.8. The summed E-state index contributed by atoms with van der Waals surface area (Å²) in [4.78, 5) is 33.6. The van der Waals surface area contributed by atoms with Crippen LogP contribution in [0.5, 0.6) is 0 Å². The molecule has 3 heterocycles. The molecule has 2 aromatic carbocycles. The van der Waals surface area contributed by atoms with Crippen molar-refractivity contribution in [2.24, 2.45) is 0 Å². The molecule has 0 spiro atoms. The molecule has 0 atom stereocenters. The summed E-state index contributed by atoms with van der Waals surface area (Å²) in [6.45, 7) is 3.79. The standard InChI is InChI=1S/C24H23ClN4O3S/c25-19-8-5-17(14-21(19)29-9-1-2-22(29)30)23(31)26-18-6-3-16(4-7-18)20-15-33-24(27-20)28-10-12-32-13-11-28/h3-8,14-15H,1-2,9-13H2,(H,26,31). The summed E-state index contributed by atoms with van der Waals surface area (Å²) in [5.74, 6) is -0.223. The number of carbonyl (C=O) groups is 2. The van der Waals surface area contributed by atoms with E-state index in [1.807, 2.05) is 29.6 Å². The molecular formula is C24H23ClN4O3S. The molecule has 2 amide bonds. The van der Waals surface area contributed by atoms with Crippen LogP contribution < -0.4 is 15.1 Å². The Labute approximate surface area is 200 Å². The van der Waals surface area contributed by atoms with Crippen LogP contribution in [-0.4, -0.2) is 49.6 Å². The molecule has 9 heteroatoms. The van der Waals surface area contributed by atoms with Gasteiger partial charge in [-0.25, -0.2) is 4.98 Å². The van der Waals surface area contributed by atoms with Gasteiger partial charge in [-0.05, 0) is 36.8 Å². The van der Waals surface area contributed by atoms with E-state index in [-0.39, 0.29) is 11.8 Å². The Morgan fingerprint density at radius 2 is 1.88 bits per heavy atom. The minimum atomic E-state index is -0.254. The van der Waals surface area contributed by atoms with Gasteiger partial charge in [0.1, 0.15) is 0 Å². The van der Waals surface area contributed by atoms with Crippen molar-refractivity contribution in [3.8, 4) is 11.3 Å². The second-order valence-corrected chi connectivity index (χ2v) is 9.21. The highest BCUT2D eigenvalue weighted by Gasteiger charge is 2.24. The van der Waals surface area contributed by atoms with Gasteiger partial charge in [0.05, 0.1) is 29.6 Å². The van der Waals surface area contributed by atoms with Crippen LogP contribution in [0.1, 0.15) is 23.2 Å². The van der Waals surface area contributed by atoms with Gasteiger partial charge < -0.3 is 19.9 Å². The number of nitrogens with zero attached hydrogens (tertiary/aromatic N) is 3. The second kappa shape index (κ2) is 9.51. The number of anilines is 3. The quantitative estimate of drug-likeness (QED) is 0.571. The predicted molar refractivity (Wildman–Crippen MR) is 132 cm³/mol. The van der Waals surface area contributed by atoms with E-state index in [4.69, 9.17) is 21.3 Å². The van der Waals surface area contributed by atoms with Gasteiger partial charge in [0, 0.05) is 48.2 Å². The van der Waals surface area contributed by atoms with E-state index < -0.39 is 0 Å². The van der Waals surface area contributed by atoms with E-state index in [1.165, 1.54) is 0 Å². The van der Waals surface area contributed by atoms with Crippen LogP contribution in [0.4, 0.5) is 16.5 Å². The summed E-state index contributed by atoms with van der Waals surface area (Å²) in [7, 11) is 0. The topological polar surface area (TPSA) is 74.8 Å². The molecule has 33 heavy (non-hydrogen) atoms. The first-order chi connectivity index (χ1) is 16.1. The molecule has 0 bridgehead atoms. The van der Waals surface area contributed by atoms with E-state index in [0.717, 1.165) is 49.1 Å². The molecule has 0 saturated carbocycles. The lowest BCUT2D eigenvalue weighted by atomic mass is 10.1. The highest BCUT2D eigenvalue weighted by molar-refractivity contribution is 7.14. The number of carbonyl (C=O) groups excluding carboxylic acids is 2. The maximum absolute atomic E-state index is 12.8. The van der Waals surface area contributed by atoms with Gasteiger partial charge in [-0.3, -0.25) is 9.59 Å². The zero-order valence-electron chi connectivity index (χ0n) is 17.9. The van der Waals surface area contributed by atoms with Crippen molar-refractivity contribution < 1.29 is 14.3 Å². The molecule has 170 valence electrons. The molecule has 7 nitrogen and oxygen atoms in total. The van der Waals surface area contributed by atoms with Crippen LogP contribution in [0.3, 0.4) is 0 Å². The number of nitrogens with one attached hydrogen (secondary N) is 1. The molecule has 2 saturated heterocycles. The fourth-order valence-corrected chi connectivity index (χ4v) is 5.10. The number of hydrogen-bond acceptors (Lipinski definition) is 6. The number of amides is 2. The normalized spacial score (nSPS) is 16.3. The smallest absolute Gasteiger partial charge is 0.255 e. The summed E-state index contributed by atoms with van der Waals surface area (Å²) >= 11 is 7.92. The predicted octanol–water partition coefficient (Wildman–Crippen LogP) is 4.68. The molecule has 2 aliphatic rings. The van der Waals surface area contributed by atoms with Crippen LogP contribution in [-0.2, 0) is 9.53 Å². The maximum Gasteiger partial charge on any atom is 0.255 e. The number of halogens is 1. The third-order valence-electron chi connectivity index (χ3n) is 5.78. The molecule has 1 N–H and O–H groups in total. The second-order valence-electron chi connectivity index (χ2n) is 7.96. The lowest BCUT2D eigenvalue weighted by molar-refractivity contribution is -0.117. The molecular weight excluding hydrogens is 460 g/mol. The number of aromatic nitrogens is 1. The van der Waals surface area contributed by atoms with Gasteiger partial charge in [-0.2, -0.15) is 0 Å². The van der Waals surface area contributed by atoms with Gasteiger partial charge in [-0.1, -0.05) is 23.7 Å². The highest BCUT2D eigenvalue weighted by Crippen LogP contribution is 2.31. The summed E-state index contributed by atoms with van der Waals surface area (Å²) < 4.78 is 5.41. The van der Waals surface area contributed by atoms with E-state index in [9.17, 15) is 9.59 Å². The van der Waals surface area contributed by atoms with Gasteiger partial charge >= 0.3 is 0 Å². The number of ether oxygens (including phenoxy) is 1. The van der Waals surface area contributed by atoms with Crippen LogP contribution in [0.2, 0.25) is 5.02 Å². The summed E-state index contributed by atoms with van der Waals surface area (Å²) in [6.07, 6.45) is 1.30. The van der Waals surface area contributed by atoms with Gasteiger partial charge in [0.25, 0.3) is 5.91 Å².